The molecule has 0 saturated heterocycles. The Balaban J connectivity index is 2.14. The maximum atomic E-state index is 13.7. The van der Waals surface area contributed by atoms with Crippen LogP contribution in [0.25, 0.3) is 0 Å². The third-order valence-corrected chi connectivity index (χ3v) is 3.05. The van der Waals surface area contributed by atoms with E-state index in [1.54, 1.807) is 12.1 Å². The van der Waals surface area contributed by atoms with Gasteiger partial charge in [0, 0.05) is 17.8 Å². The Morgan fingerprint density at radius 1 is 1.20 bits per heavy atom. The number of benzene rings is 2. The predicted molar refractivity (Wildman–Crippen MR) is 76.2 cm³/mol. The number of halogens is 1. The second-order valence-electron chi connectivity index (χ2n) is 4.68. The van der Waals surface area contributed by atoms with Crippen molar-refractivity contribution >= 4 is 11.7 Å². The minimum absolute atomic E-state index is 0.187. The number of nitrogens with one attached hydrogen (secondary N) is 1. The lowest BCUT2D eigenvalue weighted by Crippen LogP contribution is -2.08. The largest absolute Gasteiger partial charge is 0.481 e. The van der Waals surface area contributed by atoms with E-state index >= 15 is 0 Å². The summed E-state index contributed by atoms with van der Waals surface area (Å²) in [5.74, 6) is -1.55. The van der Waals surface area contributed by atoms with Crippen LogP contribution in [0.3, 0.4) is 0 Å². The smallest absolute Gasteiger partial charge is 0.308 e. The van der Waals surface area contributed by atoms with Crippen LogP contribution in [0.5, 0.6) is 0 Å². The van der Waals surface area contributed by atoms with Crippen LogP contribution in [0.1, 0.15) is 16.7 Å². The van der Waals surface area contributed by atoms with Crippen molar-refractivity contribution < 1.29 is 14.3 Å². The number of rotatable bonds is 5. The molecule has 0 heterocycles. The van der Waals surface area contributed by atoms with Crippen molar-refractivity contribution in [3.63, 3.8) is 0 Å². The standard InChI is InChI=1S/C16H16FNO2/c1-11-5-7-12(8-6-11)10-18-15-4-2-3-14(17)13(15)9-16(19)20/h2-8,18H,9-10H2,1H3,(H,19,20). The van der Waals surface area contributed by atoms with Gasteiger partial charge in [0.15, 0.2) is 0 Å². The topological polar surface area (TPSA) is 49.3 Å². The zero-order valence-corrected chi connectivity index (χ0v) is 11.2. The van der Waals surface area contributed by atoms with Crippen molar-refractivity contribution in [1.29, 1.82) is 0 Å². The first-order valence-corrected chi connectivity index (χ1v) is 6.35. The minimum atomic E-state index is -1.05. The fourth-order valence-electron chi connectivity index (χ4n) is 1.96. The summed E-state index contributed by atoms with van der Waals surface area (Å²) in [6.07, 6.45) is -0.330. The number of aryl methyl sites for hydroxylation is 1. The molecule has 0 aliphatic carbocycles. The third-order valence-electron chi connectivity index (χ3n) is 3.05. The van der Waals surface area contributed by atoms with Gasteiger partial charge in [-0.25, -0.2) is 4.39 Å². The molecule has 2 aromatic rings. The van der Waals surface area contributed by atoms with Gasteiger partial charge in [-0.05, 0) is 24.6 Å². The van der Waals surface area contributed by atoms with Gasteiger partial charge in [-0.15, -0.1) is 0 Å². The van der Waals surface area contributed by atoms with Gasteiger partial charge < -0.3 is 10.4 Å². The number of hydrogen-bond donors (Lipinski definition) is 2. The van der Waals surface area contributed by atoms with E-state index in [4.69, 9.17) is 5.11 Å². The number of hydrogen-bond acceptors (Lipinski definition) is 2. The summed E-state index contributed by atoms with van der Waals surface area (Å²) in [5.41, 5.74) is 2.94. The van der Waals surface area contributed by atoms with Gasteiger partial charge in [-0.3, -0.25) is 4.79 Å². The summed E-state index contributed by atoms with van der Waals surface area (Å²) >= 11 is 0. The SMILES string of the molecule is Cc1ccc(CNc2cccc(F)c2CC(=O)O)cc1. The van der Waals surface area contributed by atoms with Crippen LogP contribution in [0.2, 0.25) is 0 Å². The fourth-order valence-corrected chi connectivity index (χ4v) is 1.96. The Labute approximate surface area is 117 Å². The normalized spacial score (nSPS) is 10.3. The minimum Gasteiger partial charge on any atom is -0.481 e. The lowest BCUT2D eigenvalue weighted by atomic mass is 10.1. The number of anilines is 1. The Kier molecular flexibility index (Phi) is 4.35. The van der Waals surface area contributed by atoms with E-state index in [9.17, 15) is 9.18 Å². The second kappa shape index (κ2) is 6.19. The Hall–Kier alpha value is -2.36. The molecule has 0 saturated carbocycles. The van der Waals surface area contributed by atoms with E-state index in [1.165, 1.54) is 11.6 Å². The number of carboxylic acids is 1. The molecule has 0 spiro atoms. The Morgan fingerprint density at radius 2 is 1.90 bits per heavy atom. The Bertz CT molecular complexity index is 608. The lowest BCUT2D eigenvalue weighted by Gasteiger charge is -2.12. The van der Waals surface area contributed by atoms with Gasteiger partial charge in [0.25, 0.3) is 0 Å². The molecule has 20 heavy (non-hydrogen) atoms. The quantitative estimate of drug-likeness (QED) is 0.878. The monoisotopic (exact) mass is 273 g/mol. The average molecular weight is 273 g/mol. The zero-order valence-electron chi connectivity index (χ0n) is 11.2. The highest BCUT2D eigenvalue weighted by molar-refractivity contribution is 5.73. The fraction of sp³-hybridized carbons (Fsp3) is 0.188. The maximum absolute atomic E-state index is 13.7. The molecule has 0 aliphatic heterocycles. The van der Waals surface area contributed by atoms with E-state index < -0.39 is 11.8 Å². The maximum Gasteiger partial charge on any atom is 0.308 e. The van der Waals surface area contributed by atoms with Crippen LogP contribution in [0.4, 0.5) is 10.1 Å². The van der Waals surface area contributed by atoms with Crippen molar-refractivity contribution in [2.45, 2.75) is 19.9 Å². The highest BCUT2D eigenvalue weighted by atomic mass is 19.1. The summed E-state index contributed by atoms with van der Waals surface area (Å²) in [5, 5.41) is 11.9. The van der Waals surface area contributed by atoms with E-state index in [2.05, 4.69) is 5.32 Å². The molecule has 0 fully saturated rings. The van der Waals surface area contributed by atoms with Crippen molar-refractivity contribution in [3.05, 3.63) is 65.0 Å². The van der Waals surface area contributed by atoms with Gasteiger partial charge in [-0.1, -0.05) is 35.9 Å². The molecule has 0 amide bonds. The highest BCUT2D eigenvalue weighted by Gasteiger charge is 2.11. The molecule has 104 valence electrons. The molecular weight excluding hydrogens is 257 g/mol. The molecule has 2 N–H and O–H groups in total. The molecule has 0 atom stereocenters. The van der Waals surface area contributed by atoms with Crippen molar-refractivity contribution in [2.75, 3.05) is 5.32 Å². The van der Waals surface area contributed by atoms with Crippen LogP contribution in [0.15, 0.2) is 42.5 Å². The van der Waals surface area contributed by atoms with Crippen LogP contribution < -0.4 is 5.32 Å². The first-order chi connectivity index (χ1) is 9.56. The molecule has 0 unspecified atom stereocenters. The van der Waals surface area contributed by atoms with E-state index in [-0.39, 0.29) is 12.0 Å². The molecule has 0 radical (unpaired) electrons. The summed E-state index contributed by atoms with van der Waals surface area (Å²) in [6.45, 7) is 2.53. The first kappa shape index (κ1) is 14.1. The van der Waals surface area contributed by atoms with Crippen LogP contribution in [0, 0.1) is 12.7 Å². The van der Waals surface area contributed by atoms with E-state index in [1.807, 2.05) is 31.2 Å². The molecule has 2 aromatic carbocycles. The summed E-state index contributed by atoms with van der Waals surface area (Å²) in [7, 11) is 0. The van der Waals surface area contributed by atoms with Gasteiger partial charge in [0.1, 0.15) is 5.82 Å². The van der Waals surface area contributed by atoms with Gasteiger partial charge in [0.2, 0.25) is 0 Å². The van der Waals surface area contributed by atoms with Gasteiger partial charge in [-0.2, -0.15) is 0 Å². The summed E-state index contributed by atoms with van der Waals surface area (Å²) in [6, 6.07) is 12.5. The molecule has 0 aliphatic rings. The first-order valence-electron chi connectivity index (χ1n) is 6.35. The van der Waals surface area contributed by atoms with Crippen LogP contribution >= 0.6 is 0 Å². The molecule has 0 bridgehead atoms. The molecule has 3 nitrogen and oxygen atoms in total. The van der Waals surface area contributed by atoms with Crippen molar-refractivity contribution in [3.8, 4) is 0 Å². The third kappa shape index (κ3) is 3.57. The number of carbonyl (C=O) groups is 1. The number of aliphatic carboxylic acids is 1. The molecular formula is C16H16FNO2. The van der Waals surface area contributed by atoms with Crippen LogP contribution in [-0.4, -0.2) is 11.1 Å². The second-order valence-corrected chi connectivity index (χ2v) is 4.68. The Morgan fingerprint density at radius 3 is 2.55 bits per heavy atom. The number of carboxylic acid groups (broad SMARTS) is 1. The average Bonchev–Trinajstić information content (AvgIpc) is 2.41. The van der Waals surface area contributed by atoms with Crippen LogP contribution in [-0.2, 0) is 17.8 Å². The lowest BCUT2D eigenvalue weighted by molar-refractivity contribution is -0.136. The van der Waals surface area contributed by atoms with E-state index in [0.29, 0.717) is 12.2 Å². The van der Waals surface area contributed by atoms with Crippen molar-refractivity contribution in [1.82, 2.24) is 0 Å². The van der Waals surface area contributed by atoms with Gasteiger partial charge >= 0.3 is 5.97 Å². The van der Waals surface area contributed by atoms with E-state index in [0.717, 1.165) is 5.56 Å². The summed E-state index contributed by atoms with van der Waals surface area (Å²) in [4.78, 5) is 10.8. The highest BCUT2D eigenvalue weighted by Crippen LogP contribution is 2.20. The predicted octanol–water partition coefficient (Wildman–Crippen LogP) is 3.37. The molecule has 4 heteroatoms. The molecule has 0 aromatic heterocycles. The zero-order chi connectivity index (χ0) is 14.5. The summed E-state index contributed by atoms with van der Waals surface area (Å²) < 4.78 is 13.7. The van der Waals surface area contributed by atoms with Gasteiger partial charge in [0.05, 0.1) is 6.42 Å². The van der Waals surface area contributed by atoms with Crippen molar-refractivity contribution in [2.24, 2.45) is 0 Å². The molecule has 2 rings (SSSR count).